The number of nitriles is 1. The summed E-state index contributed by atoms with van der Waals surface area (Å²) in [6.45, 7) is 12.1. The summed E-state index contributed by atoms with van der Waals surface area (Å²) in [4.78, 5) is 4.17. The van der Waals surface area contributed by atoms with Crippen LogP contribution in [-0.4, -0.2) is 10.7 Å². The van der Waals surface area contributed by atoms with Crippen LogP contribution in [0.3, 0.4) is 0 Å². The van der Waals surface area contributed by atoms with Crippen LogP contribution in [0.4, 0.5) is 5.88 Å². The van der Waals surface area contributed by atoms with Crippen molar-refractivity contribution in [1.29, 1.82) is 5.26 Å². The van der Waals surface area contributed by atoms with Crippen molar-refractivity contribution in [2.45, 2.75) is 46.5 Å². The molecule has 5 nitrogen and oxygen atoms in total. The molecule has 1 atom stereocenters. The van der Waals surface area contributed by atoms with Gasteiger partial charge in [-0.05, 0) is 38.2 Å². The number of hydrazone groups is 1. The molecule has 1 aromatic heterocycles. The molecule has 5 heteroatoms. The minimum absolute atomic E-state index is 0.124. The summed E-state index contributed by atoms with van der Waals surface area (Å²) in [5.74, 6) is 1.39. The summed E-state index contributed by atoms with van der Waals surface area (Å²) in [5, 5.41) is 13.6. The molecule has 0 radical (unpaired) electrons. The molecule has 1 aliphatic carbocycles. The molecule has 2 rings (SSSR count). The third-order valence-corrected chi connectivity index (χ3v) is 3.84. The Morgan fingerprint density at radius 1 is 1.59 bits per heavy atom. The Bertz CT molecular complexity index is 673. The fraction of sp³-hybridized carbons (Fsp3) is 0.471. The smallest absolute Gasteiger partial charge is 0.252 e. The van der Waals surface area contributed by atoms with Gasteiger partial charge in [0.25, 0.3) is 5.88 Å². The fourth-order valence-electron chi connectivity index (χ4n) is 2.28. The van der Waals surface area contributed by atoms with Crippen LogP contribution in [0.25, 0.3) is 0 Å². The van der Waals surface area contributed by atoms with E-state index in [9.17, 15) is 0 Å². The number of allylic oxidation sites excluding steroid dienone is 3. The second-order valence-electron chi connectivity index (χ2n) is 6.04. The molecule has 0 fully saturated rings. The predicted octanol–water partition coefficient (Wildman–Crippen LogP) is 4.37. The summed E-state index contributed by atoms with van der Waals surface area (Å²) in [6.07, 6.45) is 4.02. The van der Waals surface area contributed by atoms with Gasteiger partial charge in [-0.3, -0.25) is 0 Å². The van der Waals surface area contributed by atoms with Crippen molar-refractivity contribution >= 4 is 11.6 Å². The Labute approximate surface area is 131 Å². The number of aromatic nitrogens is 1. The lowest BCUT2D eigenvalue weighted by Crippen LogP contribution is -2.16. The summed E-state index contributed by atoms with van der Waals surface area (Å²) in [7, 11) is 0. The van der Waals surface area contributed by atoms with Crippen LogP contribution >= 0.6 is 0 Å². The summed E-state index contributed by atoms with van der Waals surface area (Å²) < 4.78 is 5.58. The number of hydrogen-bond acceptors (Lipinski definition) is 5. The minimum atomic E-state index is 0.124. The molecule has 1 aliphatic rings. The molecular formula is C17H22N4O. The van der Waals surface area contributed by atoms with E-state index in [1.807, 2.05) is 33.8 Å². The molecule has 1 aromatic rings. The van der Waals surface area contributed by atoms with Gasteiger partial charge in [-0.25, -0.2) is 10.4 Å². The molecule has 0 spiro atoms. The van der Waals surface area contributed by atoms with Gasteiger partial charge in [-0.2, -0.15) is 10.4 Å². The van der Waals surface area contributed by atoms with Crippen molar-refractivity contribution in [3.63, 3.8) is 0 Å². The Kier molecular flexibility index (Phi) is 4.81. The number of anilines is 1. The molecular weight excluding hydrogens is 276 g/mol. The van der Waals surface area contributed by atoms with Crippen LogP contribution < -0.4 is 5.43 Å². The topological polar surface area (TPSA) is 74.2 Å². The van der Waals surface area contributed by atoms with E-state index in [1.165, 1.54) is 0 Å². The zero-order valence-corrected chi connectivity index (χ0v) is 13.6. The van der Waals surface area contributed by atoms with E-state index in [0.717, 1.165) is 29.7 Å². The van der Waals surface area contributed by atoms with E-state index in [2.05, 4.69) is 28.2 Å². The average Bonchev–Trinajstić information content (AvgIpc) is 2.89. The summed E-state index contributed by atoms with van der Waals surface area (Å²) >= 11 is 0. The van der Waals surface area contributed by atoms with E-state index in [4.69, 9.17) is 9.68 Å². The van der Waals surface area contributed by atoms with Gasteiger partial charge in [0.2, 0.25) is 11.6 Å². The quantitative estimate of drug-likeness (QED) is 0.661. The lowest BCUT2D eigenvalue weighted by Gasteiger charge is -2.22. The molecule has 22 heavy (non-hydrogen) atoms. The largest absolute Gasteiger partial charge is 0.422 e. The molecule has 0 bridgehead atoms. The predicted molar refractivity (Wildman–Crippen MR) is 87.7 cm³/mol. The number of hydrogen-bond donors (Lipinski definition) is 1. The number of nitrogens with zero attached hydrogens (tertiary/aromatic N) is 3. The van der Waals surface area contributed by atoms with Gasteiger partial charge in [0.1, 0.15) is 6.07 Å². The van der Waals surface area contributed by atoms with Gasteiger partial charge in [0.15, 0.2) is 0 Å². The molecule has 1 N–H and O–H groups in total. The molecule has 0 unspecified atom stereocenters. The second-order valence-corrected chi connectivity index (χ2v) is 6.04. The summed E-state index contributed by atoms with van der Waals surface area (Å²) in [6, 6.07) is 2.03. The van der Waals surface area contributed by atoms with Crippen LogP contribution in [0.5, 0.6) is 0 Å². The maximum atomic E-state index is 9.13. The Morgan fingerprint density at radius 3 is 2.91 bits per heavy atom. The van der Waals surface area contributed by atoms with E-state index in [0.29, 0.717) is 17.7 Å². The van der Waals surface area contributed by atoms with Crippen molar-refractivity contribution in [3.05, 3.63) is 35.4 Å². The normalized spacial score (nSPS) is 19.9. The van der Waals surface area contributed by atoms with Gasteiger partial charge >= 0.3 is 0 Å². The van der Waals surface area contributed by atoms with E-state index < -0.39 is 0 Å². The lowest BCUT2D eigenvalue weighted by atomic mass is 9.85. The van der Waals surface area contributed by atoms with E-state index in [1.54, 1.807) is 0 Å². The zero-order chi connectivity index (χ0) is 16.3. The van der Waals surface area contributed by atoms with Gasteiger partial charge in [0.05, 0.1) is 5.71 Å². The van der Waals surface area contributed by atoms with Crippen LogP contribution in [-0.2, 0) is 0 Å². The highest BCUT2D eigenvalue weighted by atomic mass is 16.4. The van der Waals surface area contributed by atoms with Crippen LogP contribution in [0.2, 0.25) is 0 Å². The third kappa shape index (κ3) is 3.45. The Morgan fingerprint density at radius 2 is 2.32 bits per heavy atom. The highest BCUT2D eigenvalue weighted by molar-refractivity contribution is 6.01. The van der Waals surface area contributed by atoms with Gasteiger partial charge in [-0.1, -0.05) is 32.1 Å². The van der Waals surface area contributed by atoms with Crippen molar-refractivity contribution in [2.24, 2.45) is 11.0 Å². The number of rotatable bonds is 4. The van der Waals surface area contributed by atoms with Crippen LogP contribution in [0, 0.1) is 17.2 Å². The molecule has 0 amide bonds. The molecule has 116 valence electrons. The molecule has 1 heterocycles. The first-order valence-corrected chi connectivity index (χ1v) is 7.48. The zero-order valence-electron chi connectivity index (χ0n) is 13.6. The maximum Gasteiger partial charge on any atom is 0.252 e. The standard InChI is InChI=1S/C17H22N4O/c1-10(2)13-7-6-12(5)14(8-13)20-21-17-15(9-18)19-16(22-17)11(3)4/h6,11,13,21H,1,7-8H2,2-5H3/b20-14-/t13-/m1/s1. The number of oxazole rings is 1. The second kappa shape index (κ2) is 6.61. The monoisotopic (exact) mass is 298 g/mol. The van der Waals surface area contributed by atoms with Crippen molar-refractivity contribution in [1.82, 2.24) is 4.98 Å². The third-order valence-electron chi connectivity index (χ3n) is 3.84. The molecule has 0 aromatic carbocycles. The van der Waals surface area contributed by atoms with Crippen molar-refractivity contribution in [2.75, 3.05) is 5.43 Å². The summed E-state index contributed by atoms with van der Waals surface area (Å²) in [5.41, 5.74) is 6.37. The molecule has 0 saturated heterocycles. The molecule has 0 saturated carbocycles. The maximum absolute atomic E-state index is 9.13. The SMILES string of the molecule is C=C(C)[C@@H]1CC=C(C)/C(=N\Nc2oc(C(C)C)nc2C#N)C1. The van der Waals surface area contributed by atoms with Gasteiger partial charge < -0.3 is 4.42 Å². The van der Waals surface area contributed by atoms with Gasteiger partial charge in [-0.15, -0.1) is 0 Å². The highest BCUT2D eigenvalue weighted by Gasteiger charge is 2.20. The van der Waals surface area contributed by atoms with Crippen molar-refractivity contribution in [3.8, 4) is 6.07 Å². The Balaban J connectivity index is 2.21. The van der Waals surface area contributed by atoms with Crippen molar-refractivity contribution < 1.29 is 4.42 Å². The Hall–Kier alpha value is -2.35. The first kappa shape index (κ1) is 16.0. The molecule has 0 aliphatic heterocycles. The van der Waals surface area contributed by atoms with E-state index in [-0.39, 0.29) is 11.6 Å². The minimum Gasteiger partial charge on any atom is -0.422 e. The average molecular weight is 298 g/mol. The first-order valence-electron chi connectivity index (χ1n) is 7.48. The number of nitrogens with one attached hydrogen (secondary N) is 1. The highest BCUT2D eigenvalue weighted by Crippen LogP contribution is 2.27. The van der Waals surface area contributed by atoms with Crippen LogP contribution in [0.15, 0.2) is 33.3 Å². The van der Waals surface area contributed by atoms with Gasteiger partial charge in [0, 0.05) is 5.92 Å². The fourth-order valence-corrected chi connectivity index (χ4v) is 2.28. The van der Waals surface area contributed by atoms with E-state index >= 15 is 0 Å². The lowest BCUT2D eigenvalue weighted by molar-refractivity contribution is 0.481. The van der Waals surface area contributed by atoms with Crippen LogP contribution in [0.1, 0.15) is 58.0 Å². The first-order chi connectivity index (χ1) is 10.4.